The molecule has 1 fully saturated rings. The molecule has 0 aromatic carbocycles. The molecule has 19 heavy (non-hydrogen) atoms. The number of carbonyl (C=O) groups is 1. The molecule has 0 unspecified atom stereocenters. The summed E-state index contributed by atoms with van der Waals surface area (Å²) >= 11 is 0. The maximum absolute atomic E-state index is 11.9. The maximum atomic E-state index is 11.9. The van der Waals surface area contributed by atoms with E-state index in [1.165, 1.54) is 4.90 Å². The van der Waals surface area contributed by atoms with Crippen LogP contribution in [0, 0.1) is 5.92 Å². The summed E-state index contributed by atoms with van der Waals surface area (Å²) in [5, 5.41) is 0. The highest BCUT2D eigenvalue weighted by atomic mass is 19.4. The molecule has 0 radical (unpaired) electrons. The minimum Gasteiger partial charge on any atom is -0.444 e. The van der Waals surface area contributed by atoms with Crippen LogP contribution in [-0.4, -0.2) is 49.1 Å². The van der Waals surface area contributed by atoms with E-state index in [0.29, 0.717) is 13.1 Å². The van der Waals surface area contributed by atoms with Crippen LogP contribution in [0.15, 0.2) is 0 Å². The predicted octanol–water partition coefficient (Wildman–Crippen LogP) is 2.82. The van der Waals surface area contributed by atoms with Crippen LogP contribution in [0.4, 0.5) is 18.0 Å². The number of hydrogen-bond acceptors (Lipinski definition) is 3. The highest BCUT2D eigenvalue weighted by molar-refractivity contribution is 5.69. The smallest absolute Gasteiger partial charge is 0.410 e. The van der Waals surface area contributed by atoms with Crippen LogP contribution in [0.3, 0.4) is 0 Å². The predicted molar refractivity (Wildman–Crippen MR) is 62.8 cm³/mol. The molecule has 0 bridgehead atoms. The first-order chi connectivity index (χ1) is 8.57. The second-order valence-corrected chi connectivity index (χ2v) is 5.69. The summed E-state index contributed by atoms with van der Waals surface area (Å²) in [5.74, 6) is 0.0979. The molecule has 4 nitrogen and oxygen atoms in total. The van der Waals surface area contributed by atoms with Gasteiger partial charge in [0.2, 0.25) is 0 Å². The molecule has 7 heteroatoms. The van der Waals surface area contributed by atoms with Gasteiger partial charge in [-0.15, -0.1) is 0 Å². The van der Waals surface area contributed by atoms with E-state index >= 15 is 0 Å². The van der Waals surface area contributed by atoms with E-state index in [0.717, 1.165) is 0 Å². The first-order valence-corrected chi connectivity index (χ1v) is 6.19. The number of likely N-dealkylation sites (tertiary alicyclic amines) is 1. The van der Waals surface area contributed by atoms with Gasteiger partial charge in [-0.1, -0.05) is 0 Å². The van der Waals surface area contributed by atoms with Gasteiger partial charge in [0.15, 0.2) is 0 Å². The molecule has 112 valence electrons. The zero-order chi connectivity index (χ0) is 14.7. The molecule has 1 aliphatic heterocycles. The molecule has 1 heterocycles. The van der Waals surface area contributed by atoms with E-state index in [1.807, 2.05) is 0 Å². The third kappa shape index (κ3) is 6.66. The van der Waals surface area contributed by atoms with Gasteiger partial charge in [0.1, 0.15) is 5.60 Å². The average Bonchev–Trinajstić information content (AvgIpc) is 2.09. The summed E-state index contributed by atoms with van der Waals surface area (Å²) in [5.41, 5.74) is -0.536. The van der Waals surface area contributed by atoms with Crippen LogP contribution >= 0.6 is 0 Å². The van der Waals surface area contributed by atoms with E-state index in [9.17, 15) is 18.0 Å². The van der Waals surface area contributed by atoms with Crippen molar-refractivity contribution >= 4 is 6.09 Å². The number of nitrogens with zero attached hydrogens (tertiary/aromatic N) is 1. The van der Waals surface area contributed by atoms with E-state index < -0.39 is 18.2 Å². The van der Waals surface area contributed by atoms with Crippen molar-refractivity contribution in [3.63, 3.8) is 0 Å². The largest absolute Gasteiger partial charge is 0.444 e. The molecule has 1 aliphatic rings. The molecule has 1 saturated heterocycles. The zero-order valence-electron chi connectivity index (χ0n) is 11.4. The molecule has 0 aromatic heterocycles. The molecule has 0 spiro atoms. The van der Waals surface area contributed by atoms with Crippen LogP contribution in [-0.2, 0) is 9.47 Å². The Morgan fingerprint density at radius 1 is 1.26 bits per heavy atom. The molecule has 0 aliphatic carbocycles. The molecule has 0 aromatic rings. The highest BCUT2D eigenvalue weighted by Crippen LogP contribution is 2.21. The van der Waals surface area contributed by atoms with Gasteiger partial charge >= 0.3 is 12.3 Å². The van der Waals surface area contributed by atoms with Crippen molar-refractivity contribution in [1.29, 1.82) is 0 Å². The fourth-order valence-electron chi connectivity index (χ4n) is 1.59. The first-order valence-electron chi connectivity index (χ1n) is 6.19. The second kappa shape index (κ2) is 5.98. The SMILES string of the molecule is CC(C)(C)OC(=O)N1CC(COCCC(F)(F)F)C1. The average molecular weight is 283 g/mol. The molecular weight excluding hydrogens is 263 g/mol. The van der Waals surface area contributed by atoms with Crippen molar-refractivity contribution in [1.82, 2.24) is 4.90 Å². The van der Waals surface area contributed by atoms with E-state index in [1.54, 1.807) is 20.8 Å². The minimum atomic E-state index is -4.18. The molecule has 1 rings (SSSR count). The lowest BCUT2D eigenvalue weighted by Crippen LogP contribution is -2.53. The van der Waals surface area contributed by atoms with E-state index in [4.69, 9.17) is 9.47 Å². The van der Waals surface area contributed by atoms with Crippen molar-refractivity contribution in [2.45, 2.75) is 39.0 Å². The molecule has 0 atom stereocenters. The number of halogens is 3. The quantitative estimate of drug-likeness (QED) is 0.745. The summed E-state index contributed by atoms with van der Waals surface area (Å²) in [6.45, 7) is 6.21. The van der Waals surface area contributed by atoms with Crippen molar-refractivity contribution in [2.75, 3.05) is 26.3 Å². The van der Waals surface area contributed by atoms with Gasteiger partial charge in [-0.2, -0.15) is 13.2 Å². The first kappa shape index (κ1) is 16.1. The van der Waals surface area contributed by atoms with E-state index in [2.05, 4.69) is 0 Å². The van der Waals surface area contributed by atoms with E-state index in [-0.39, 0.29) is 25.2 Å². The van der Waals surface area contributed by atoms with Crippen molar-refractivity contribution in [2.24, 2.45) is 5.92 Å². The van der Waals surface area contributed by atoms with Gasteiger partial charge < -0.3 is 14.4 Å². The Balaban J connectivity index is 2.09. The van der Waals surface area contributed by atoms with Gasteiger partial charge in [0.25, 0.3) is 0 Å². The Kier molecular flexibility index (Phi) is 5.06. The summed E-state index contributed by atoms with van der Waals surface area (Å²) in [6, 6.07) is 0. The van der Waals surface area contributed by atoms with Gasteiger partial charge in [0, 0.05) is 19.0 Å². The van der Waals surface area contributed by atoms with Gasteiger partial charge in [-0.05, 0) is 20.8 Å². The number of rotatable bonds is 4. The number of alkyl halides is 3. The zero-order valence-corrected chi connectivity index (χ0v) is 11.4. The minimum absolute atomic E-state index is 0.0979. The van der Waals surface area contributed by atoms with Crippen molar-refractivity contribution in [3.05, 3.63) is 0 Å². The standard InChI is InChI=1S/C12H20F3NO3/c1-11(2,3)19-10(17)16-6-9(7-16)8-18-5-4-12(13,14)15/h9H,4-8H2,1-3H3. The Labute approximate surface area is 110 Å². The lowest BCUT2D eigenvalue weighted by atomic mass is 10.0. The van der Waals surface area contributed by atoms with Crippen molar-refractivity contribution in [3.8, 4) is 0 Å². The maximum Gasteiger partial charge on any atom is 0.410 e. The van der Waals surface area contributed by atoms with Crippen LogP contribution in [0.5, 0.6) is 0 Å². The summed E-state index contributed by atoms with van der Waals surface area (Å²) in [4.78, 5) is 13.1. The topological polar surface area (TPSA) is 38.8 Å². The number of amides is 1. The Morgan fingerprint density at radius 2 is 1.84 bits per heavy atom. The second-order valence-electron chi connectivity index (χ2n) is 5.69. The fourth-order valence-corrected chi connectivity index (χ4v) is 1.59. The number of carbonyl (C=O) groups excluding carboxylic acids is 1. The monoisotopic (exact) mass is 283 g/mol. The van der Waals surface area contributed by atoms with Crippen LogP contribution in [0.1, 0.15) is 27.2 Å². The normalized spacial score (nSPS) is 17.3. The third-order valence-electron chi connectivity index (χ3n) is 2.49. The van der Waals surface area contributed by atoms with Crippen LogP contribution < -0.4 is 0 Å². The fraction of sp³-hybridized carbons (Fsp3) is 0.917. The van der Waals surface area contributed by atoms with Gasteiger partial charge in [-0.25, -0.2) is 4.79 Å². The summed E-state index contributed by atoms with van der Waals surface area (Å²) in [6.07, 6.45) is -5.50. The third-order valence-corrected chi connectivity index (χ3v) is 2.49. The Hall–Kier alpha value is -0.980. The number of hydrogen-bond donors (Lipinski definition) is 0. The highest BCUT2D eigenvalue weighted by Gasteiger charge is 2.34. The van der Waals surface area contributed by atoms with Crippen LogP contribution in [0.25, 0.3) is 0 Å². The summed E-state index contributed by atoms with van der Waals surface area (Å²) in [7, 11) is 0. The Bertz CT molecular complexity index is 306. The number of ether oxygens (including phenoxy) is 2. The van der Waals surface area contributed by atoms with Gasteiger partial charge in [-0.3, -0.25) is 0 Å². The summed E-state index contributed by atoms with van der Waals surface area (Å²) < 4.78 is 45.7. The lowest BCUT2D eigenvalue weighted by Gasteiger charge is -2.39. The molecular formula is C12H20F3NO3. The van der Waals surface area contributed by atoms with Gasteiger partial charge in [0.05, 0.1) is 19.6 Å². The molecule has 0 saturated carbocycles. The Morgan fingerprint density at radius 3 is 2.32 bits per heavy atom. The molecule has 0 N–H and O–H groups in total. The van der Waals surface area contributed by atoms with Crippen LogP contribution in [0.2, 0.25) is 0 Å². The lowest BCUT2D eigenvalue weighted by molar-refractivity contribution is -0.147. The molecule has 1 amide bonds. The van der Waals surface area contributed by atoms with Crippen molar-refractivity contribution < 1.29 is 27.4 Å².